The van der Waals surface area contributed by atoms with E-state index in [-0.39, 0.29) is 12.5 Å². The lowest BCUT2D eigenvalue weighted by molar-refractivity contribution is -0.123. The lowest BCUT2D eigenvalue weighted by Crippen LogP contribution is -2.30. The largest absolute Gasteiger partial charge is 0.484 e. The second-order valence-electron chi connectivity index (χ2n) is 5.62. The Bertz CT molecular complexity index is 696. The van der Waals surface area contributed by atoms with Crippen molar-refractivity contribution in [1.29, 1.82) is 0 Å². The molecule has 5 nitrogen and oxygen atoms in total. The normalized spacial score (nSPS) is 13.7. The number of carbonyl (C=O) groups excluding carboxylic acids is 1. The molecule has 1 N–H and O–H groups in total. The van der Waals surface area contributed by atoms with Gasteiger partial charge in [0.1, 0.15) is 5.75 Å². The summed E-state index contributed by atoms with van der Waals surface area (Å²) in [5.41, 5.74) is 2.90. The van der Waals surface area contributed by atoms with Crippen LogP contribution in [-0.4, -0.2) is 28.5 Å². The van der Waals surface area contributed by atoms with Gasteiger partial charge in [-0.1, -0.05) is 12.1 Å². The molecular formula is C17H19N3O2. The minimum Gasteiger partial charge on any atom is -0.484 e. The van der Waals surface area contributed by atoms with Crippen LogP contribution in [0.4, 0.5) is 0 Å². The van der Waals surface area contributed by atoms with E-state index in [1.165, 1.54) is 0 Å². The Kier molecular flexibility index (Phi) is 4.04. The summed E-state index contributed by atoms with van der Waals surface area (Å²) in [6.07, 6.45) is 3.96. The van der Waals surface area contributed by atoms with E-state index in [4.69, 9.17) is 4.74 Å². The van der Waals surface area contributed by atoms with Crippen LogP contribution in [0.1, 0.15) is 24.1 Å². The zero-order valence-corrected chi connectivity index (χ0v) is 12.8. The summed E-state index contributed by atoms with van der Waals surface area (Å²) in [5, 5.41) is 2.90. The standard InChI is InChI=1S/C17H19N3O2/c1-11-9-18-17(19-12(11)2)13-4-3-5-15(8-13)22-10-16(21)20-14-6-7-14/h3-5,8-9,14H,6-7,10H2,1-2H3,(H,20,21). The Labute approximate surface area is 129 Å². The zero-order chi connectivity index (χ0) is 15.5. The fourth-order valence-electron chi connectivity index (χ4n) is 2.04. The van der Waals surface area contributed by atoms with Gasteiger partial charge in [0.2, 0.25) is 0 Å². The van der Waals surface area contributed by atoms with E-state index in [0.29, 0.717) is 17.6 Å². The first kappa shape index (κ1) is 14.5. The predicted molar refractivity (Wildman–Crippen MR) is 83.6 cm³/mol. The first-order valence-electron chi connectivity index (χ1n) is 7.44. The highest BCUT2D eigenvalue weighted by Crippen LogP contribution is 2.22. The van der Waals surface area contributed by atoms with E-state index in [2.05, 4.69) is 15.3 Å². The average Bonchev–Trinajstić information content (AvgIpc) is 3.32. The fourth-order valence-corrected chi connectivity index (χ4v) is 2.04. The van der Waals surface area contributed by atoms with Crippen molar-refractivity contribution in [3.8, 4) is 17.1 Å². The maximum absolute atomic E-state index is 11.6. The molecule has 0 unspecified atom stereocenters. The van der Waals surface area contributed by atoms with Gasteiger partial charge in [0.05, 0.1) is 0 Å². The molecule has 0 aliphatic heterocycles. The van der Waals surface area contributed by atoms with Crippen molar-refractivity contribution >= 4 is 5.91 Å². The summed E-state index contributed by atoms with van der Waals surface area (Å²) < 4.78 is 5.54. The third-order valence-electron chi connectivity index (χ3n) is 3.63. The van der Waals surface area contributed by atoms with Gasteiger partial charge in [0.15, 0.2) is 12.4 Å². The number of carbonyl (C=O) groups is 1. The summed E-state index contributed by atoms with van der Waals surface area (Å²) in [5.74, 6) is 1.23. The molecule has 0 spiro atoms. The van der Waals surface area contributed by atoms with Crippen molar-refractivity contribution in [3.05, 3.63) is 41.7 Å². The van der Waals surface area contributed by atoms with Crippen molar-refractivity contribution in [2.24, 2.45) is 0 Å². The van der Waals surface area contributed by atoms with Crippen LogP contribution in [0.25, 0.3) is 11.4 Å². The first-order chi connectivity index (χ1) is 10.6. The number of hydrogen-bond acceptors (Lipinski definition) is 4. The lowest BCUT2D eigenvalue weighted by Gasteiger charge is -2.08. The maximum atomic E-state index is 11.6. The van der Waals surface area contributed by atoms with Gasteiger partial charge < -0.3 is 10.1 Å². The van der Waals surface area contributed by atoms with E-state index in [1.807, 2.05) is 44.3 Å². The van der Waals surface area contributed by atoms with E-state index >= 15 is 0 Å². The SMILES string of the molecule is Cc1cnc(-c2cccc(OCC(=O)NC3CC3)c2)nc1C. The van der Waals surface area contributed by atoms with Crippen LogP contribution in [0.5, 0.6) is 5.75 Å². The number of aromatic nitrogens is 2. The molecule has 5 heteroatoms. The highest BCUT2D eigenvalue weighted by atomic mass is 16.5. The number of nitrogens with zero attached hydrogens (tertiary/aromatic N) is 2. The third kappa shape index (κ3) is 3.61. The highest BCUT2D eigenvalue weighted by molar-refractivity contribution is 5.78. The summed E-state index contributed by atoms with van der Waals surface area (Å²) >= 11 is 0. The van der Waals surface area contributed by atoms with Gasteiger partial charge in [-0.2, -0.15) is 0 Å². The Morgan fingerprint density at radius 2 is 2.18 bits per heavy atom. The molecule has 1 aliphatic carbocycles. The minimum absolute atomic E-state index is 0.0355. The van der Waals surface area contributed by atoms with Crippen LogP contribution in [0.3, 0.4) is 0 Å². The van der Waals surface area contributed by atoms with Crippen molar-refractivity contribution in [3.63, 3.8) is 0 Å². The first-order valence-corrected chi connectivity index (χ1v) is 7.44. The van der Waals surface area contributed by atoms with Gasteiger partial charge in [-0.25, -0.2) is 9.97 Å². The van der Waals surface area contributed by atoms with Crippen molar-refractivity contribution in [2.45, 2.75) is 32.7 Å². The van der Waals surface area contributed by atoms with Gasteiger partial charge in [0.25, 0.3) is 5.91 Å². The molecule has 1 aromatic carbocycles. The number of ether oxygens (including phenoxy) is 1. The van der Waals surface area contributed by atoms with Gasteiger partial charge in [-0.15, -0.1) is 0 Å². The summed E-state index contributed by atoms with van der Waals surface area (Å²) in [6, 6.07) is 7.85. The Morgan fingerprint density at radius 3 is 2.91 bits per heavy atom. The molecular weight excluding hydrogens is 278 g/mol. The van der Waals surface area contributed by atoms with Crippen molar-refractivity contribution in [2.75, 3.05) is 6.61 Å². The van der Waals surface area contributed by atoms with Gasteiger partial charge in [-0.05, 0) is 44.4 Å². The van der Waals surface area contributed by atoms with Crippen molar-refractivity contribution in [1.82, 2.24) is 15.3 Å². The molecule has 1 heterocycles. The smallest absolute Gasteiger partial charge is 0.258 e. The molecule has 0 saturated heterocycles. The summed E-state index contributed by atoms with van der Waals surface area (Å²) in [7, 11) is 0. The average molecular weight is 297 g/mol. The highest BCUT2D eigenvalue weighted by Gasteiger charge is 2.23. The number of rotatable bonds is 5. The third-order valence-corrected chi connectivity index (χ3v) is 3.63. The van der Waals surface area contributed by atoms with Crippen LogP contribution < -0.4 is 10.1 Å². The van der Waals surface area contributed by atoms with E-state index in [9.17, 15) is 4.79 Å². The lowest BCUT2D eigenvalue weighted by atomic mass is 10.2. The minimum atomic E-state index is -0.0738. The van der Waals surface area contributed by atoms with E-state index in [1.54, 1.807) is 0 Å². The predicted octanol–water partition coefficient (Wildman–Crippen LogP) is 2.42. The van der Waals surface area contributed by atoms with Gasteiger partial charge >= 0.3 is 0 Å². The van der Waals surface area contributed by atoms with Crippen molar-refractivity contribution < 1.29 is 9.53 Å². The molecule has 0 radical (unpaired) electrons. The number of benzene rings is 1. The van der Waals surface area contributed by atoms with E-state index in [0.717, 1.165) is 29.7 Å². The molecule has 1 fully saturated rings. The molecule has 1 amide bonds. The number of hydrogen-bond donors (Lipinski definition) is 1. The topological polar surface area (TPSA) is 64.1 Å². The van der Waals surface area contributed by atoms with Gasteiger partial charge in [0, 0.05) is 23.5 Å². The molecule has 1 aromatic heterocycles. The van der Waals surface area contributed by atoms with Crippen LogP contribution >= 0.6 is 0 Å². The molecule has 1 aliphatic rings. The second-order valence-corrected chi connectivity index (χ2v) is 5.62. The summed E-state index contributed by atoms with van der Waals surface area (Å²) in [6.45, 7) is 3.98. The monoisotopic (exact) mass is 297 g/mol. The van der Waals surface area contributed by atoms with Crippen LogP contribution in [-0.2, 0) is 4.79 Å². The molecule has 1 saturated carbocycles. The number of aryl methyl sites for hydroxylation is 2. The number of nitrogens with one attached hydrogen (secondary N) is 1. The fraction of sp³-hybridized carbons (Fsp3) is 0.353. The maximum Gasteiger partial charge on any atom is 0.258 e. The molecule has 3 rings (SSSR count). The molecule has 0 bridgehead atoms. The van der Waals surface area contributed by atoms with Crippen LogP contribution in [0.15, 0.2) is 30.5 Å². The second kappa shape index (κ2) is 6.13. The Hall–Kier alpha value is -2.43. The van der Waals surface area contributed by atoms with Crippen LogP contribution in [0.2, 0.25) is 0 Å². The summed E-state index contributed by atoms with van der Waals surface area (Å²) in [4.78, 5) is 20.5. The molecule has 2 aromatic rings. The molecule has 0 atom stereocenters. The van der Waals surface area contributed by atoms with Crippen LogP contribution in [0, 0.1) is 13.8 Å². The Morgan fingerprint density at radius 1 is 1.36 bits per heavy atom. The number of amides is 1. The zero-order valence-electron chi connectivity index (χ0n) is 12.8. The molecule has 114 valence electrons. The Balaban J connectivity index is 1.68. The quantitative estimate of drug-likeness (QED) is 0.920. The van der Waals surface area contributed by atoms with E-state index < -0.39 is 0 Å². The van der Waals surface area contributed by atoms with Gasteiger partial charge in [-0.3, -0.25) is 4.79 Å². The molecule has 22 heavy (non-hydrogen) atoms.